The van der Waals surface area contributed by atoms with E-state index in [1.165, 1.54) is 0 Å². The van der Waals surface area contributed by atoms with E-state index in [9.17, 15) is 21.6 Å². The predicted octanol–water partition coefficient (Wildman–Crippen LogP) is 3.80. The van der Waals surface area contributed by atoms with E-state index in [2.05, 4.69) is 0 Å². The summed E-state index contributed by atoms with van der Waals surface area (Å²) in [5, 5.41) is 0. The fourth-order valence-electron chi connectivity index (χ4n) is 2.31. The lowest BCUT2D eigenvalue weighted by Gasteiger charge is -2.40. The van der Waals surface area contributed by atoms with Crippen LogP contribution in [0, 0.1) is 0 Å². The molecule has 0 aromatic carbocycles. The van der Waals surface area contributed by atoms with Crippen molar-refractivity contribution in [3.8, 4) is 0 Å². The Balaban J connectivity index is 5.48. The first-order valence-electron chi connectivity index (χ1n) is 7.03. The molecule has 0 saturated carbocycles. The van der Waals surface area contributed by atoms with Gasteiger partial charge in [0.1, 0.15) is 0 Å². The molecule has 0 aromatic heterocycles. The van der Waals surface area contributed by atoms with Crippen LogP contribution in [0.4, 0.5) is 13.2 Å². The molecule has 0 aliphatic heterocycles. The predicted molar refractivity (Wildman–Crippen MR) is 88.4 cm³/mol. The summed E-state index contributed by atoms with van der Waals surface area (Å²) in [6.07, 6.45) is 0.823. The van der Waals surface area contributed by atoms with Gasteiger partial charge in [-0.25, -0.2) is 13.1 Å². The number of halogens is 4. The van der Waals surface area contributed by atoms with Gasteiger partial charge >= 0.3 is 15.5 Å². The number of hydrogen-bond donors (Lipinski definition) is 1. The minimum Gasteiger partial charge on any atom is -0.455 e. The Morgan fingerprint density at radius 1 is 1.23 bits per heavy atom. The number of nitrogens with one attached hydrogen (secondary N) is 1. The van der Waals surface area contributed by atoms with Gasteiger partial charge in [-0.1, -0.05) is 6.92 Å². The van der Waals surface area contributed by atoms with Crippen molar-refractivity contribution in [3.05, 3.63) is 0 Å². The number of rotatable bonds is 9. The average Bonchev–Trinajstić information content (AvgIpc) is 2.29. The lowest BCUT2D eigenvalue weighted by atomic mass is 10.5. The molecule has 0 bridgehead atoms. The topological polar surface area (TPSA) is 55.4 Å². The molecule has 0 saturated heterocycles. The van der Waals surface area contributed by atoms with Crippen molar-refractivity contribution >= 4 is 38.3 Å². The van der Waals surface area contributed by atoms with Crippen LogP contribution in [0.15, 0.2) is 0 Å². The lowest BCUT2D eigenvalue weighted by molar-refractivity contribution is -0.0449. The molecule has 0 amide bonds. The fraction of sp³-hybridized carbons (Fsp3) is 1.00. The van der Waals surface area contributed by atoms with Crippen molar-refractivity contribution in [2.45, 2.75) is 63.2 Å². The molecule has 22 heavy (non-hydrogen) atoms. The molecular formula is C11H25ClF3NO3SSi2. The van der Waals surface area contributed by atoms with Crippen molar-refractivity contribution in [1.82, 2.24) is 4.72 Å². The highest BCUT2D eigenvalue weighted by Gasteiger charge is 2.50. The average molecular weight is 400 g/mol. The molecule has 0 aromatic rings. The number of alkyl halides is 4. The lowest BCUT2D eigenvalue weighted by Crippen LogP contribution is -2.61. The zero-order chi connectivity index (χ0) is 17.8. The standard InChI is InChI=1S/C11H25ClF3NO3SSi2/c1-6-10(16-20(17,18)11(13,14)15)22(5,9-7-8-12)19-21(2,3)4/h10,16H,6-9H2,1-5H3. The first-order valence-corrected chi connectivity index (χ1v) is 15.1. The molecule has 11 heteroatoms. The quantitative estimate of drug-likeness (QED) is 0.474. The SMILES string of the molecule is CCC(NS(=O)(=O)C(F)(F)F)[Si](C)(CCCCl)O[Si](C)(C)C. The monoisotopic (exact) mass is 399 g/mol. The van der Waals surface area contributed by atoms with Crippen LogP contribution < -0.4 is 4.72 Å². The Hall–Kier alpha value is 0.384. The maximum Gasteiger partial charge on any atom is 0.511 e. The Morgan fingerprint density at radius 3 is 2.05 bits per heavy atom. The Morgan fingerprint density at radius 2 is 1.73 bits per heavy atom. The van der Waals surface area contributed by atoms with E-state index in [1.807, 2.05) is 24.4 Å². The van der Waals surface area contributed by atoms with E-state index in [4.69, 9.17) is 15.7 Å². The molecule has 2 unspecified atom stereocenters. The van der Waals surface area contributed by atoms with E-state index < -0.39 is 37.8 Å². The third-order valence-corrected chi connectivity index (χ3v) is 12.5. The summed E-state index contributed by atoms with van der Waals surface area (Å²) in [7, 11) is -10.2. The maximum absolute atomic E-state index is 12.6. The van der Waals surface area contributed by atoms with Gasteiger partial charge in [-0.05, 0) is 45.1 Å². The summed E-state index contributed by atoms with van der Waals surface area (Å²) in [6.45, 7) is 9.24. The van der Waals surface area contributed by atoms with E-state index in [1.54, 1.807) is 13.5 Å². The second-order valence-electron chi connectivity index (χ2n) is 6.35. The van der Waals surface area contributed by atoms with Gasteiger partial charge in [-0.2, -0.15) is 13.2 Å². The normalized spacial score (nSPS) is 18.0. The number of hydrogen-bond acceptors (Lipinski definition) is 3. The van der Waals surface area contributed by atoms with E-state index in [0.29, 0.717) is 18.3 Å². The van der Waals surface area contributed by atoms with Crippen molar-refractivity contribution in [2.24, 2.45) is 0 Å². The van der Waals surface area contributed by atoms with Crippen molar-refractivity contribution < 1.29 is 25.7 Å². The summed E-state index contributed by atoms with van der Waals surface area (Å²) < 4.78 is 68.7. The highest BCUT2D eigenvalue weighted by molar-refractivity contribution is 7.90. The molecule has 1 N–H and O–H groups in total. The highest BCUT2D eigenvalue weighted by atomic mass is 35.5. The molecule has 0 fully saturated rings. The van der Waals surface area contributed by atoms with Gasteiger partial charge in [-0.3, -0.25) is 0 Å². The Kier molecular flexibility index (Phi) is 8.11. The van der Waals surface area contributed by atoms with Gasteiger partial charge in [0, 0.05) is 11.5 Å². The van der Waals surface area contributed by atoms with Crippen molar-refractivity contribution in [1.29, 1.82) is 0 Å². The Bertz CT molecular complexity index is 456. The maximum atomic E-state index is 12.6. The van der Waals surface area contributed by atoms with Crippen LogP contribution in [0.3, 0.4) is 0 Å². The minimum atomic E-state index is -5.39. The highest BCUT2D eigenvalue weighted by Crippen LogP contribution is 2.29. The molecule has 0 aliphatic rings. The van der Waals surface area contributed by atoms with Crippen molar-refractivity contribution in [2.75, 3.05) is 5.88 Å². The fourth-order valence-corrected chi connectivity index (χ4v) is 13.5. The van der Waals surface area contributed by atoms with Gasteiger partial charge < -0.3 is 4.12 Å². The molecule has 0 spiro atoms. The van der Waals surface area contributed by atoms with Gasteiger partial charge in [-0.15, -0.1) is 11.6 Å². The van der Waals surface area contributed by atoms with Crippen LogP contribution in [0.25, 0.3) is 0 Å². The zero-order valence-corrected chi connectivity index (χ0v) is 17.1. The van der Waals surface area contributed by atoms with Gasteiger partial charge in [0.2, 0.25) is 0 Å². The largest absolute Gasteiger partial charge is 0.511 e. The molecule has 0 rings (SSSR count). The Labute approximate surface area is 138 Å². The second-order valence-corrected chi connectivity index (χ2v) is 17.3. The summed E-state index contributed by atoms with van der Waals surface area (Å²) >= 11 is 5.69. The summed E-state index contributed by atoms with van der Waals surface area (Å²) in [4.78, 5) is 0. The van der Waals surface area contributed by atoms with E-state index in [-0.39, 0.29) is 6.42 Å². The zero-order valence-electron chi connectivity index (χ0n) is 13.6. The third-order valence-electron chi connectivity index (χ3n) is 3.09. The van der Waals surface area contributed by atoms with Crippen LogP contribution >= 0.6 is 11.6 Å². The van der Waals surface area contributed by atoms with E-state index in [0.717, 1.165) is 0 Å². The third kappa shape index (κ3) is 6.87. The van der Waals surface area contributed by atoms with Crippen LogP contribution in [0.2, 0.25) is 32.2 Å². The molecule has 0 radical (unpaired) electrons. The molecule has 134 valence electrons. The molecule has 0 aliphatic carbocycles. The first kappa shape index (κ1) is 22.4. The molecular weight excluding hydrogens is 375 g/mol. The summed E-state index contributed by atoms with van der Waals surface area (Å²) in [5.74, 6) is 0.361. The summed E-state index contributed by atoms with van der Waals surface area (Å²) in [5.41, 5.74) is -6.16. The minimum absolute atomic E-state index is 0.241. The number of sulfonamides is 1. The van der Waals surface area contributed by atoms with Crippen LogP contribution in [0.1, 0.15) is 19.8 Å². The van der Waals surface area contributed by atoms with E-state index >= 15 is 0 Å². The van der Waals surface area contributed by atoms with Gasteiger partial charge in [0.25, 0.3) is 0 Å². The van der Waals surface area contributed by atoms with Crippen LogP contribution in [0.5, 0.6) is 0 Å². The van der Waals surface area contributed by atoms with Crippen LogP contribution in [-0.4, -0.2) is 42.1 Å². The smallest absolute Gasteiger partial charge is 0.455 e. The molecule has 2 atom stereocenters. The molecule has 0 heterocycles. The molecule has 4 nitrogen and oxygen atoms in total. The van der Waals surface area contributed by atoms with Crippen molar-refractivity contribution in [3.63, 3.8) is 0 Å². The summed E-state index contributed by atoms with van der Waals surface area (Å²) in [6, 6.07) is 0.514. The first-order chi connectivity index (χ1) is 9.68. The van der Waals surface area contributed by atoms with Gasteiger partial charge in [0.15, 0.2) is 16.6 Å². The second kappa shape index (κ2) is 7.97. The van der Waals surface area contributed by atoms with Gasteiger partial charge in [0.05, 0.1) is 0 Å². The van der Waals surface area contributed by atoms with Crippen LogP contribution in [-0.2, 0) is 14.1 Å².